The molecule has 2 aliphatic rings. The molecule has 106 valence electrons. The molecule has 1 aliphatic carbocycles. The molecule has 1 heterocycles. The first-order valence-electron chi connectivity index (χ1n) is 8.18. The summed E-state index contributed by atoms with van der Waals surface area (Å²) < 4.78 is 0. The molecule has 0 aromatic rings. The summed E-state index contributed by atoms with van der Waals surface area (Å²) in [6.45, 7) is 8.20. The Morgan fingerprint density at radius 1 is 1.11 bits per heavy atom. The standard InChI is InChI=1S/C16H32N2/c1-3-14-5-4-6-16(8-7-14)18-10-9-13(2)15(11-17)12-18/h13-16H,3-12,17H2,1-2H3. The van der Waals surface area contributed by atoms with Crippen molar-refractivity contribution in [1.82, 2.24) is 4.90 Å². The Labute approximate surface area is 113 Å². The van der Waals surface area contributed by atoms with Gasteiger partial charge < -0.3 is 10.6 Å². The van der Waals surface area contributed by atoms with Crippen molar-refractivity contribution in [2.75, 3.05) is 19.6 Å². The average molecular weight is 252 g/mol. The van der Waals surface area contributed by atoms with Crippen molar-refractivity contribution in [1.29, 1.82) is 0 Å². The Kier molecular flexibility index (Phi) is 5.50. The van der Waals surface area contributed by atoms with Gasteiger partial charge in [0.1, 0.15) is 0 Å². The quantitative estimate of drug-likeness (QED) is 0.781. The molecule has 0 amide bonds. The minimum atomic E-state index is 0.740. The van der Waals surface area contributed by atoms with E-state index in [9.17, 15) is 0 Å². The molecule has 0 spiro atoms. The van der Waals surface area contributed by atoms with Gasteiger partial charge in [0.25, 0.3) is 0 Å². The van der Waals surface area contributed by atoms with Gasteiger partial charge in [0.05, 0.1) is 0 Å². The van der Waals surface area contributed by atoms with Gasteiger partial charge in [-0.2, -0.15) is 0 Å². The lowest BCUT2D eigenvalue weighted by atomic mass is 9.86. The molecular weight excluding hydrogens is 220 g/mol. The van der Waals surface area contributed by atoms with Crippen molar-refractivity contribution in [3.8, 4) is 0 Å². The first-order valence-corrected chi connectivity index (χ1v) is 8.18. The molecule has 0 bridgehead atoms. The van der Waals surface area contributed by atoms with Crippen molar-refractivity contribution in [2.45, 2.75) is 64.8 Å². The van der Waals surface area contributed by atoms with Crippen molar-refractivity contribution in [3.63, 3.8) is 0 Å². The van der Waals surface area contributed by atoms with Gasteiger partial charge >= 0.3 is 0 Å². The zero-order valence-electron chi connectivity index (χ0n) is 12.4. The zero-order valence-corrected chi connectivity index (χ0v) is 12.4. The fourth-order valence-corrected chi connectivity index (χ4v) is 3.95. The van der Waals surface area contributed by atoms with Crippen LogP contribution in [-0.4, -0.2) is 30.6 Å². The first-order chi connectivity index (χ1) is 8.74. The largest absolute Gasteiger partial charge is 0.330 e. The smallest absolute Gasteiger partial charge is 0.00954 e. The topological polar surface area (TPSA) is 29.3 Å². The second-order valence-electron chi connectivity index (χ2n) is 6.69. The van der Waals surface area contributed by atoms with Crippen LogP contribution in [0.15, 0.2) is 0 Å². The van der Waals surface area contributed by atoms with Gasteiger partial charge in [0.15, 0.2) is 0 Å². The number of nitrogens with zero attached hydrogens (tertiary/aromatic N) is 1. The van der Waals surface area contributed by atoms with Crippen LogP contribution in [0.25, 0.3) is 0 Å². The average Bonchev–Trinajstić information content (AvgIpc) is 2.64. The SMILES string of the molecule is CCC1CCCC(N2CCC(C)C(CN)C2)CC1. The molecule has 1 saturated carbocycles. The predicted molar refractivity (Wildman–Crippen MR) is 78.6 cm³/mol. The maximum atomic E-state index is 5.93. The minimum Gasteiger partial charge on any atom is -0.330 e. The zero-order chi connectivity index (χ0) is 13.0. The maximum absolute atomic E-state index is 5.93. The highest BCUT2D eigenvalue weighted by atomic mass is 15.2. The highest BCUT2D eigenvalue weighted by Crippen LogP contribution is 2.31. The van der Waals surface area contributed by atoms with Crippen LogP contribution in [0.2, 0.25) is 0 Å². The van der Waals surface area contributed by atoms with Crippen LogP contribution in [0.4, 0.5) is 0 Å². The molecule has 0 radical (unpaired) electrons. The number of hydrogen-bond donors (Lipinski definition) is 1. The van der Waals surface area contributed by atoms with E-state index >= 15 is 0 Å². The van der Waals surface area contributed by atoms with Crippen LogP contribution in [0, 0.1) is 17.8 Å². The maximum Gasteiger partial charge on any atom is 0.00954 e. The van der Waals surface area contributed by atoms with Crippen LogP contribution in [0.1, 0.15) is 58.8 Å². The van der Waals surface area contributed by atoms with Crippen LogP contribution in [-0.2, 0) is 0 Å². The van der Waals surface area contributed by atoms with Gasteiger partial charge in [-0.15, -0.1) is 0 Å². The summed E-state index contributed by atoms with van der Waals surface area (Å²) in [7, 11) is 0. The second-order valence-corrected chi connectivity index (χ2v) is 6.69. The Morgan fingerprint density at radius 3 is 2.67 bits per heavy atom. The van der Waals surface area contributed by atoms with E-state index in [-0.39, 0.29) is 0 Å². The lowest BCUT2D eigenvalue weighted by molar-refractivity contribution is 0.0829. The highest BCUT2D eigenvalue weighted by molar-refractivity contribution is 4.84. The van der Waals surface area contributed by atoms with E-state index in [4.69, 9.17) is 5.73 Å². The normalized spacial score (nSPS) is 39.5. The fourth-order valence-electron chi connectivity index (χ4n) is 3.95. The summed E-state index contributed by atoms with van der Waals surface area (Å²) in [6.07, 6.45) is 9.98. The minimum absolute atomic E-state index is 0.740. The third-order valence-corrected chi connectivity index (χ3v) is 5.60. The fraction of sp³-hybridized carbons (Fsp3) is 1.00. The van der Waals surface area contributed by atoms with Crippen molar-refractivity contribution in [2.24, 2.45) is 23.5 Å². The Hall–Kier alpha value is -0.0800. The van der Waals surface area contributed by atoms with Gasteiger partial charge in [-0.1, -0.05) is 33.1 Å². The number of likely N-dealkylation sites (tertiary alicyclic amines) is 1. The third-order valence-electron chi connectivity index (χ3n) is 5.60. The van der Waals surface area contributed by atoms with Gasteiger partial charge in [-0.3, -0.25) is 0 Å². The molecule has 2 N–H and O–H groups in total. The molecule has 4 unspecified atom stereocenters. The van der Waals surface area contributed by atoms with Crippen LogP contribution < -0.4 is 5.73 Å². The summed E-state index contributed by atoms with van der Waals surface area (Å²) >= 11 is 0. The molecule has 0 aromatic carbocycles. The summed E-state index contributed by atoms with van der Waals surface area (Å²) in [5, 5.41) is 0. The summed E-state index contributed by atoms with van der Waals surface area (Å²) in [4.78, 5) is 2.77. The number of rotatable bonds is 3. The molecule has 18 heavy (non-hydrogen) atoms. The van der Waals surface area contributed by atoms with Gasteiger partial charge in [-0.05, 0) is 56.5 Å². The van der Waals surface area contributed by atoms with Crippen LogP contribution in [0.3, 0.4) is 0 Å². The van der Waals surface area contributed by atoms with E-state index in [1.165, 1.54) is 58.0 Å². The molecule has 2 rings (SSSR count). The summed E-state index contributed by atoms with van der Waals surface area (Å²) in [5.74, 6) is 2.58. The predicted octanol–water partition coefficient (Wildman–Crippen LogP) is 3.26. The Morgan fingerprint density at radius 2 is 1.94 bits per heavy atom. The highest BCUT2D eigenvalue weighted by Gasteiger charge is 2.30. The Bertz CT molecular complexity index is 241. The molecule has 4 atom stereocenters. The molecular formula is C16H32N2. The van der Waals surface area contributed by atoms with Crippen molar-refractivity contribution in [3.05, 3.63) is 0 Å². The Balaban J connectivity index is 1.87. The van der Waals surface area contributed by atoms with E-state index in [0.29, 0.717) is 0 Å². The molecule has 2 nitrogen and oxygen atoms in total. The van der Waals surface area contributed by atoms with E-state index in [1.807, 2.05) is 0 Å². The van der Waals surface area contributed by atoms with Gasteiger partial charge in [-0.25, -0.2) is 0 Å². The number of piperidine rings is 1. The molecule has 2 fully saturated rings. The van der Waals surface area contributed by atoms with Gasteiger partial charge in [0, 0.05) is 12.6 Å². The van der Waals surface area contributed by atoms with Gasteiger partial charge in [0.2, 0.25) is 0 Å². The molecule has 0 aromatic heterocycles. The summed E-state index contributed by atoms with van der Waals surface area (Å²) in [5.41, 5.74) is 5.93. The number of nitrogens with two attached hydrogens (primary N) is 1. The van der Waals surface area contributed by atoms with E-state index in [2.05, 4.69) is 18.7 Å². The van der Waals surface area contributed by atoms with E-state index in [0.717, 1.165) is 30.3 Å². The van der Waals surface area contributed by atoms with Crippen LogP contribution in [0.5, 0.6) is 0 Å². The lowest BCUT2D eigenvalue weighted by Gasteiger charge is -2.41. The van der Waals surface area contributed by atoms with E-state index in [1.54, 1.807) is 0 Å². The van der Waals surface area contributed by atoms with Crippen molar-refractivity contribution < 1.29 is 0 Å². The van der Waals surface area contributed by atoms with Crippen molar-refractivity contribution >= 4 is 0 Å². The first kappa shape index (κ1) is 14.3. The molecule has 1 saturated heterocycles. The monoisotopic (exact) mass is 252 g/mol. The van der Waals surface area contributed by atoms with Crippen LogP contribution >= 0.6 is 0 Å². The third kappa shape index (κ3) is 3.48. The summed E-state index contributed by atoms with van der Waals surface area (Å²) in [6, 6.07) is 0.864. The number of hydrogen-bond acceptors (Lipinski definition) is 2. The lowest BCUT2D eigenvalue weighted by Crippen LogP contribution is -2.47. The second kappa shape index (κ2) is 6.91. The van der Waals surface area contributed by atoms with E-state index < -0.39 is 0 Å². The molecule has 2 heteroatoms. The molecule has 1 aliphatic heterocycles.